The number of rotatable bonds is 6. The largest absolute Gasteiger partial charge is 0.492 e. The first-order chi connectivity index (χ1) is 15.9. The number of thiol groups is 1. The number of nitrogens with zero attached hydrogens (tertiary/aromatic N) is 3. The summed E-state index contributed by atoms with van der Waals surface area (Å²) < 4.78 is 4.93. The highest BCUT2D eigenvalue weighted by molar-refractivity contribution is 7.80. The Labute approximate surface area is 205 Å². The van der Waals surface area contributed by atoms with E-state index < -0.39 is 5.97 Å². The molecule has 1 fully saturated rings. The highest BCUT2D eigenvalue weighted by atomic mass is 32.1. The van der Waals surface area contributed by atoms with Gasteiger partial charge in [-0.3, -0.25) is 9.80 Å². The fourth-order valence-corrected chi connectivity index (χ4v) is 4.48. The number of hydrogen-bond donors (Lipinski definition) is 2. The minimum atomic E-state index is -0.503. The smallest absolute Gasteiger partial charge is 0.353 e. The molecule has 33 heavy (non-hydrogen) atoms. The second-order valence-corrected chi connectivity index (χ2v) is 9.45. The lowest BCUT2D eigenvalue weighted by Gasteiger charge is -2.34. The van der Waals surface area contributed by atoms with Crippen LogP contribution in [0.25, 0.3) is 0 Å². The molecule has 0 atom stereocenters. The van der Waals surface area contributed by atoms with Crippen molar-refractivity contribution in [2.24, 2.45) is 0 Å². The van der Waals surface area contributed by atoms with Gasteiger partial charge in [-0.25, -0.2) is 9.78 Å². The molecular formula is C25H31N3O3S2. The minimum Gasteiger partial charge on any atom is -0.492 e. The van der Waals surface area contributed by atoms with Gasteiger partial charge in [-0.05, 0) is 31.5 Å². The molecule has 6 nitrogen and oxygen atoms in total. The lowest BCUT2D eigenvalue weighted by molar-refractivity contribution is 0.0528. The van der Waals surface area contributed by atoms with Crippen LogP contribution >= 0.6 is 24.0 Å². The van der Waals surface area contributed by atoms with Gasteiger partial charge in [0.15, 0.2) is 4.88 Å². The van der Waals surface area contributed by atoms with E-state index in [0.29, 0.717) is 6.54 Å². The minimum absolute atomic E-state index is 0.194. The Kier molecular flexibility index (Phi) is 9.75. The highest BCUT2D eigenvalue weighted by Gasteiger charge is 2.22. The summed E-state index contributed by atoms with van der Waals surface area (Å²) in [6.07, 6.45) is 0. The molecule has 0 bridgehead atoms. The fraction of sp³-hybridized carbons (Fsp3) is 0.360. The number of ether oxygens (including phenoxy) is 1. The molecule has 1 saturated heterocycles. The molecule has 0 amide bonds. The zero-order valence-corrected chi connectivity index (χ0v) is 20.8. The van der Waals surface area contributed by atoms with Crippen LogP contribution in [0.3, 0.4) is 0 Å². The van der Waals surface area contributed by atoms with Crippen molar-refractivity contribution in [3.05, 3.63) is 75.6 Å². The summed E-state index contributed by atoms with van der Waals surface area (Å²) >= 11 is 5.35. The molecule has 8 heteroatoms. The van der Waals surface area contributed by atoms with Crippen LogP contribution in [-0.4, -0.2) is 58.6 Å². The van der Waals surface area contributed by atoms with Crippen molar-refractivity contribution >= 4 is 29.9 Å². The van der Waals surface area contributed by atoms with Crippen LogP contribution in [0.15, 0.2) is 59.5 Å². The summed E-state index contributed by atoms with van der Waals surface area (Å²) in [6, 6.07) is 18.5. The van der Waals surface area contributed by atoms with Gasteiger partial charge in [0, 0.05) is 37.6 Å². The van der Waals surface area contributed by atoms with Gasteiger partial charge in [-0.15, -0.1) is 24.0 Å². The Morgan fingerprint density at radius 2 is 1.64 bits per heavy atom. The Balaban J connectivity index is 0.000000323. The van der Waals surface area contributed by atoms with Gasteiger partial charge < -0.3 is 9.84 Å². The topological polar surface area (TPSA) is 65.9 Å². The van der Waals surface area contributed by atoms with Crippen LogP contribution in [0, 0.1) is 6.92 Å². The van der Waals surface area contributed by atoms with E-state index in [1.54, 1.807) is 6.92 Å². The summed E-state index contributed by atoms with van der Waals surface area (Å²) in [5.41, 5.74) is 2.61. The molecule has 0 spiro atoms. The molecule has 1 aliphatic rings. The van der Waals surface area contributed by atoms with Crippen LogP contribution in [0.2, 0.25) is 0 Å². The zero-order chi connectivity index (χ0) is 23.6. The molecule has 1 N–H and O–H groups in total. The Morgan fingerprint density at radius 3 is 2.21 bits per heavy atom. The lowest BCUT2D eigenvalue weighted by atomic mass is 10.2. The number of hydrogen-bond acceptors (Lipinski definition) is 8. The predicted octanol–water partition coefficient (Wildman–Crippen LogP) is 4.63. The van der Waals surface area contributed by atoms with Crippen molar-refractivity contribution in [3.63, 3.8) is 0 Å². The number of aromatic hydroxyl groups is 1. The number of piperazine rings is 1. The average molecular weight is 486 g/mol. The monoisotopic (exact) mass is 485 g/mol. The SMILES string of the molecule is CCOC(=O)c1sc(CN2CCN(Cc3ccccc3)CC2)nc1O.Cc1ccc(S)cc1. The van der Waals surface area contributed by atoms with Crippen molar-refractivity contribution in [1.29, 1.82) is 0 Å². The second kappa shape index (κ2) is 12.7. The van der Waals surface area contributed by atoms with E-state index in [-0.39, 0.29) is 17.4 Å². The third kappa shape index (κ3) is 8.16. The van der Waals surface area contributed by atoms with Crippen molar-refractivity contribution in [2.45, 2.75) is 31.8 Å². The summed E-state index contributed by atoms with van der Waals surface area (Å²) in [4.78, 5) is 21.8. The van der Waals surface area contributed by atoms with Crippen molar-refractivity contribution in [3.8, 4) is 5.88 Å². The first kappa shape index (κ1) is 25.2. The van der Waals surface area contributed by atoms with Crippen molar-refractivity contribution in [1.82, 2.24) is 14.8 Å². The number of carbonyl (C=O) groups excluding carboxylic acids is 1. The summed E-state index contributed by atoms with van der Waals surface area (Å²) in [5.74, 6) is -0.724. The van der Waals surface area contributed by atoms with Gasteiger partial charge in [0.05, 0.1) is 13.2 Å². The molecule has 2 aromatic carbocycles. The summed E-state index contributed by atoms with van der Waals surface area (Å²) in [6.45, 7) is 9.60. The standard InChI is InChI=1S/C18H23N3O3S.C7H8S/c1-2-24-18(23)16-17(22)19-15(25-16)13-21-10-8-20(9-11-21)12-14-6-4-3-5-7-14;1-6-2-4-7(8)5-3-6/h3-7,22H,2,8-13H2,1H3;2-5,8H,1H3. The maximum absolute atomic E-state index is 11.8. The second-order valence-electron chi connectivity index (χ2n) is 7.85. The number of aromatic nitrogens is 1. The summed E-state index contributed by atoms with van der Waals surface area (Å²) in [5, 5.41) is 10.6. The maximum atomic E-state index is 11.8. The third-order valence-electron chi connectivity index (χ3n) is 5.22. The maximum Gasteiger partial charge on any atom is 0.353 e. The van der Waals surface area contributed by atoms with Crippen LogP contribution in [-0.2, 0) is 17.8 Å². The Hall–Kier alpha value is -2.39. The summed E-state index contributed by atoms with van der Waals surface area (Å²) in [7, 11) is 0. The first-order valence-electron chi connectivity index (χ1n) is 11.0. The molecule has 176 valence electrons. The molecule has 1 aliphatic heterocycles. The van der Waals surface area contributed by atoms with E-state index in [2.05, 4.69) is 58.6 Å². The normalized spacial score (nSPS) is 14.4. The van der Waals surface area contributed by atoms with Crippen LogP contribution < -0.4 is 0 Å². The van der Waals surface area contributed by atoms with Crippen molar-refractivity contribution < 1.29 is 14.6 Å². The average Bonchev–Trinajstić information content (AvgIpc) is 3.18. The number of benzene rings is 2. The predicted molar refractivity (Wildman–Crippen MR) is 135 cm³/mol. The fourth-order valence-electron chi connectivity index (χ4n) is 3.44. The number of carbonyl (C=O) groups is 1. The molecule has 0 radical (unpaired) electrons. The van der Waals surface area contributed by atoms with E-state index in [9.17, 15) is 9.90 Å². The van der Waals surface area contributed by atoms with E-state index in [1.807, 2.05) is 30.3 Å². The first-order valence-corrected chi connectivity index (χ1v) is 12.3. The lowest BCUT2D eigenvalue weighted by Crippen LogP contribution is -2.45. The van der Waals surface area contributed by atoms with Crippen LogP contribution in [0.4, 0.5) is 0 Å². The molecule has 0 aliphatic carbocycles. The van der Waals surface area contributed by atoms with Crippen LogP contribution in [0.1, 0.15) is 32.7 Å². The van der Waals surface area contributed by atoms with E-state index in [4.69, 9.17) is 4.74 Å². The van der Waals surface area contributed by atoms with E-state index in [0.717, 1.165) is 42.6 Å². The Bertz CT molecular complexity index is 980. The molecule has 1 aromatic heterocycles. The third-order valence-corrected chi connectivity index (χ3v) is 6.53. The quantitative estimate of drug-likeness (QED) is 0.392. The van der Waals surface area contributed by atoms with E-state index in [1.165, 1.54) is 22.5 Å². The Morgan fingerprint density at radius 1 is 1.03 bits per heavy atom. The van der Waals surface area contributed by atoms with Gasteiger partial charge in [-0.2, -0.15) is 0 Å². The van der Waals surface area contributed by atoms with Crippen molar-refractivity contribution in [2.75, 3.05) is 32.8 Å². The number of esters is 1. The highest BCUT2D eigenvalue weighted by Crippen LogP contribution is 2.26. The number of thiazole rings is 1. The molecular weight excluding hydrogens is 454 g/mol. The molecule has 3 aromatic rings. The number of aryl methyl sites for hydroxylation is 1. The van der Waals surface area contributed by atoms with E-state index >= 15 is 0 Å². The molecule has 4 rings (SSSR count). The molecule has 0 unspecified atom stereocenters. The molecule has 0 saturated carbocycles. The van der Waals surface area contributed by atoms with Gasteiger partial charge in [0.2, 0.25) is 5.88 Å². The van der Waals surface area contributed by atoms with Gasteiger partial charge >= 0.3 is 5.97 Å². The molecule has 2 heterocycles. The van der Waals surface area contributed by atoms with Gasteiger partial charge in [0.25, 0.3) is 0 Å². The van der Waals surface area contributed by atoms with Crippen LogP contribution in [0.5, 0.6) is 5.88 Å². The van der Waals surface area contributed by atoms with Gasteiger partial charge in [0.1, 0.15) is 5.01 Å². The zero-order valence-electron chi connectivity index (χ0n) is 19.1. The van der Waals surface area contributed by atoms with Gasteiger partial charge in [-0.1, -0.05) is 48.0 Å².